The highest BCUT2D eigenvalue weighted by molar-refractivity contribution is 5.96. The summed E-state index contributed by atoms with van der Waals surface area (Å²) in [6.45, 7) is 2.68. The highest BCUT2D eigenvalue weighted by atomic mass is 16.5. The largest absolute Gasteiger partial charge is 0.493 e. The highest BCUT2D eigenvalue weighted by Crippen LogP contribution is 2.18. The lowest BCUT2D eigenvalue weighted by Crippen LogP contribution is -2.19. The van der Waals surface area contributed by atoms with Gasteiger partial charge in [0.25, 0.3) is 5.91 Å². The lowest BCUT2D eigenvalue weighted by molar-refractivity contribution is 0.0959. The number of rotatable bonds is 4. The molecule has 82 valence electrons. The van der Waals surface area contributed by atoms with Crippen LogP contribution in [0.2, 0.25) is 0 Å². The fraction of sp³-hybridized carbons (Fsp3) is 0.400. The summed E-state index contributed by atoms with van der Waals surface area (Å²) in [4.78, 5) is 15.5. The van der Waals surface area contributed by atoms with Crippen molar-refractivity contribution in [3.05, 3.63) is 23.5 Å². The number of hydrogen-bond acceptors (Lipinski definition) is 4. The minimum atomic E-state index is -0.213. The van der Waals surface area contributed by atoms with E-state index in [0.29, 0.717) is 30.2 Å². The summed E-state index contributed by atoms with van der Waals surface area (Å²) in [6, 6.07) is 1.69. The zero-order valence-corrected chi connectivity index (χ0v) is 8.91. The molecule has 1 aromatic heterocycles. The molecule has 0 aliphatic heterocycles. The van der Waals surface area contributed by atoms with Gasteiger partial charge in [-0.15, -0.1) is 0 Å². The Balaban J connectivity index is 3.08. The molecule has 0 saturated carbocycles. The Hall–Kier alpha value is -1.62. The van der Waals surface area contributed by atoms with Gasteiger partial charge in [-0.3, -0.25) is 9.78 Å². The fourth-order valence-corrected chi connectivity index (χ4v) is 1.17. The van der Waals surface area contributed by atoms with Crippen molar-refractivity contribution >= 4 is 5.91 Å². The maximum atomic E-state index is 11.4. The molecule has 1 rings (SSSR count). The molecule has 1 aromatic rings. The molecular weight excluding hydrogens is 194 g/mol. The van der Waals surface area contributed by atoms with E-state index in [1.54, 1.807) is 13.1 Å². The van der Waals surface area contributed by atoms with Crippen LogP contribution >= 0.6 is 0 Å². The summed E-state index contributed by atoms with van der Waals surface area (Å²) in [7, 11) is 1.56. The Morgan fingerprint density at radius 3 is 2.93 bits per heavy atom. The molecule has 0 aromatic carbocycles. The Labute approximate surface area is 88.6 Å². The molecule has 5 nitrogen and oxygen atoms in total. The van der Waals surface area contributed by atoms with Crippen molar-refractivity contribution in [2.24, 2.45) is 5.73 Å². The molecule has 1 amide bonds. The topological polar surface area (TPSA) is 77.2 Å². The molecule has 1 heterocycles. The zero-order chi connectivity index (χ0) is 11.3. The summed E-state index contributed by atoms with van der Waals surface area (Å²) in [5.74, 6) is 0.307. The smallest absolute Gasteiger partial charge is 0.256 e. The molecule has 0 atom stereocenters. The predicted octanol–water partition coefficient (Wildman–Crippen LogP) is 0.299. The monoisotopic (exact) mass is 209 g/mol. The van der Waals surface area contributed by atoms with E-state index in [0.717, 1.165) is 0 Å². The van der Waals surface area contributed by atoms with Gasteiger partial charge in [-0.2, -0.15) is 0 Å². The summed E-state index contributed by atoms with van der Waals surface area (Å²) in [5.41, 5.74) is 6.58. The number of nitrogens with one attached hydrogen (secondary N) is 1. The number of aromatic nitrogens is 1. The van der Waals surface area contributed by atoms with Gasteiger partial charge < -0.3 is 15.8 Å². The Kier molecular flexibility index (Phi) is 4.05. The normalized spacial score (nSPS) is 9.80. The van der Waals surface area contributed by atoms with Crippen LogP contribution < -0.4 is 15.8 Å². The van der Waals surface area contributed by atoms with E-state index in [1.165, 1.54) is 6.20 Å². The minimum absolute atomic E-state index is 0.213. The highest BCUT2D eigenvalue weighted by Gasteiger charge is 2.12. The molecule has 15 heavy (non-hydrogen) atoms. The SMILES string of the molecule is CCOc1cc(CN)ncc1C(=O)NC. The first-order chi connectivity index (χ1) is 7.22. The summed E-state index contributed by atoms with van der Waals surface area (Å²) < 4.78 is 5.35. The molecule has 0 unspecified atom stereocenters. The number of amides is 1. The van der Waals surface area contributed by atoms with E-state index in [2.05, 4.69) is 10.3 Å². The quantitative estimate of drug-likeness (QED) is 0.747. The summed E-state index contributed by atoms with van der Waals surface area (Å²) in [5, 5.41) is 2.53. The third-order valence-electron chi connectivity index (χ3n) is 1.90. The average molecular weight is 209 g/mol. The van der Waals surface area contributed by atoms with Crippen molar-refractivity contribution < 1.29 is 9.53 Å². The van der Waals surface area contributed by atoms with Crippen LogP contribution in [0.5, 0.6) is 5.75 Å². The van der Waals surface area contributed by atoms with E-state index in [1.807, 2.05) is 6.92 Å². The molecule has 0 radical (unpaired) electrons. The molecule has 0 spiro atoms. The van der Waals surface area contributed by atoms with Crippen molar-refractivity contribution in [2.75, 3.05) is 13.7 Å². The van der Waals surface area contributed by atoms with E-state index < -0.39 is 0 Å². The Bertz CT molecular complexity index is 353. The van der Waals surface area contributed by atoms with E-state index in [9.17, 15) is 4.79 Å². The number of carbonyl (C=O) groups excluding carboxylic acids is 1. The Morgan fingerprint density at radius 1 is 1.67 bits per heavy atom. The fourth-order valence-electron chi connectivity index (χ4n) is 1.17. The first-order valence-electron chi connectivity index (χ1n) is 4.76. The number of nitrogens with two attached hydrogens (primary N) is 1. The maximum Gasteiger partial charge on any atom is 0.256 e. The number of carbonyl (C=O) groups is 1. The third-order valence-corrected chi connectivity index (χ3v) is 1.90. The van der Waals surface area contributed by atoms with Crippen LogP contribution in [0.25, 0.3) is 0 Å². The van der Waals surface area contributed by atoms with Crippen LogP contribution in [0.15, 0.2) is 12.3 Å². The van der Waals surface area contributed by atoms with Gasteiger partial charge in [0.05, 0.1) is 17.9 Å². The van der Waals surface area contributed by atoms with Crippen LogP contribution in [0.1, 0.15) is 23.0 Å². The molecule has 0 bridgehead atoms. The lowest BCUT2D eigenvalue weighted by atomic mass is 10.2. The maximum absolute atomic E-state index is 11.4. The first kappa shape index (κ1) is 11.5. The summed E-state index contributed by atoms with van der Waals surface area (Å²) >= 11 is 0. The van der Waals surface area contributed by atoms with E-state index >= 15 is 0 Å². The van der Waals surface area contributed by atoms with Crippen LogP contribution in [0, 0.1) is 0 Å². The van der Waals surface area contributed by atoms with Crippen molar-refractivity contribution in [1.82, 2.24) is 10.3 Å². The van der Waals surface area contributed by atoms with Crippen molar-refractivity contribution in [2.45, 2.75) is 13.5 Å². The second-order valence-corrected chi connectivity index (χ2v) is 2.89. The van der Waals surface area contributed by atoms with Crippen molar-refractivity contribution in [3.63, 3.8) is 0 Å². The summed E-state index contributed by atoms with van der Waals surface area (Å²) in [6.07, 6.45) is 1.48. The number of ether oxygens (including phenoxy) is 1. The van der Waals surface area contributed by atoms with Gasteiger partial charge in [-0.25, -0.2) is 0 Å². The van der Waals surface area contributed by atoms with E-state index in [-0.39, 0.29) is 5.91 Å². The van der Waals surface area contributed by atoms with Gasteiger partial charge in [0.1, 0.15) is 5.75 Å². The van der Waals surface area contributed by atoms with Crippen LogP contribution in [-0.2, 0) is 6.54 Å². The predicted molar refractivity (Wildman–Crippen MR) is 56.7 cm³/mol. The number of nitrogens with zero attached hydrogens (tertiary/aromatic N) is 1. The van der Waals surface area contributed by atoms with Crippen LogP contribution in [-0.4, -0.2) is 24.5 Å². The average Bonchev–Trinajstić information content (AvgIpc) is 2.28. The van der Waals surface area contributed by atoms with E-state index in [4.69, 9.17) is 10.5 Å². The first-order valence-corrected chi connectivity index (χ1v) is 4.76. The zero-order valence-electron chi connectivity index (χ0n) is 8.91. The van der Waals surface area contributed by atoms with Crippen LogP contribution in [0.4, 0.5) is 0 Å². The van der Waals surface area contributed by atoms with Crippen LogP contribution in [0.3, 0.4) is 0 Å². The van der Waals surface area contributed by atoms with Gasteiger partial charge >= 0.3 is 0 Å². The molecule has 0 aliphatic carbocycles. The standard InChI is InChI=1S/C10H15N3O2/c1-3-15-9-4-7(5-11)13-6-8(9)10(14)12-2/h4,6H,3,5,11H2,1-2H3,(H,12,14). The lowest BCUT2D eigenvalue weighted by Gasteiger charge is -2.09. The second kappa shape index (κ2) is 5.31. The second-order valence-electron chi connectivity index (χ2n) is 2.89. The van der Waals surface area contributed by atoms with Gasteiger partial charge in [0.15, 0.2) is 0 Å². The van der Waals surface area contributed by atoms with Gasteiger partial charge in [-0.05, 0) is 6.92 Å². The van der Waals surface area contributed by atoms with Gasteiger partial charge in [-0.1, -0.05) is 0 Å². The molecule has 3 N–H and O–H groups in total. The third kappa shape index (κ3) is 2.66. The molecular formula is C10H15N3O2. The molecule has 0 saturated heterocycles. The van der Waals surface area contributed by atoms with Crippen molar-refractivity contribution in [3.8, 4) is 5.75 Å². The molecule has 0 aliphatic rings. The molecule has 5 heteroatoms. The van der Waals surface area contributed by atoms with Crippen molar-refractivity contribution in [1.29, 1.82) is 0 Å². The minimum Gasteiger partial charge on any atom is -0.493 e. The van der Waals surface area contributed by atoms with Gasteiger partial charge in [0, 0.05) is 25.9 Å². The number of pyridine rings is 1. The van der Waals surface area contributed by atoms with Gasteiger partial charge in [0.2, 0.25) is 0 Å². The number of hydrogen-bond donors (Lipinski definition) is 2. The molecule has 0 fully saturated rings. The Morgan fingerprint density at radius 2 is 2.40 bits per heavy atom.